The fourth-order valence-corrected chi connectivity index (χ4v) is 4.59. The predicted molar refractivity (Wildman–Crippen MR) is 116 cm³/mol. The fraction of sp³-hybridized carbons (Fsp3) is 0.750. The van der Waals surface area contributed by atoms with Crippen LogP contribution < -0.4 is 0 Å². The molecular weight excluding hydrogens is 400 g/mol. The Labute approximate surface area is 185 Å². The van der Waals surface area contributed by atoms with E-state index in [-0.39, 0.29) is 42.5 Å². The zero-order chi connectivity index (χ0) is 23.1. The molecule has 0 spiro atoms. The molecule has 0 aromatic heterocycles. The maximum absolute atomic E-state index is 12.5. The van der Waals surface area contributed by atoms with Gasteiger partial charge in [0.1, 0.15) is 6.10 Å². The Hall–Kier alpha value is -1.70. The van der Waals surface area contributed by atoms with Crippen LogP contribution in [0.15, 0.2) is 23.8 Å². The summed E-state index contributed by atoms with van der Waals surface area (Å²) in [4.78, 5) is 23.8. The van der Waals surface area contributed by atoms with Crippen LogP contribution >= 0.6 is 0 Å². The summed E-state index contributed by atoms with van der Waals surface area (Å²) in [6.45, 7) is 5.89. The number of carbonyl (C=O) groups is 2. The van der Waals surface area contributed by atoms with Gasteiger partial charge in [0.05, 0.1) is 37.8 Å². The van der Waals surface area contributed by atoms with E-state index in [0.29, 0.717) is 25.7 Å². The summed E-state index contributed by atoms with van der Waals surface area (Å²) in [5.41, 5.74) is 0.976. The molecule has 0 aromatic carbocycles. The van der Waals surface area contributed by atoms with Crippen LogP contribution in [0.3, 0.4) is 0 Å². The first kappa shape index (κ1) is 25.6. The fourth-order valence-electron chi connectivity index (χ4n) is 4.59. The van der Waals surface area contributed by atoms with E-state index < -0.39 is 30.4 Å². The molecule has 0 fully saturated rings. The Morgan fingerprint density at radius 2 is 1.97 bits per heavy atom. The van der Waals surface area contributed by atoms with Crippen LogP contribution in [0.4, 0.5) is 0 Å². The minimum atomic E-state index is -0.948. The lowest BCUT2D eigenvalue weighted by molar-refractivity contribution is -0.159. The third kappa shape index (κ3) is 7.16. The van der Waals surface area contributed by atoms with Crippen molar-refractivity contribution >= 4 is 11.9 Å². The molecule has 2 rings (SSSR count). The Balaban J connectivity index is 2.06. The van der Waals surface area contributed by atoms with Gasteiger partial charge in [-0.2, -0.15) is 0 Å². The molecular formula is C24H38O7. The van der Waals surface area contributed by atoms with E-state index in [4.69, 9.17) is 4.74 Å². The predicted octanol–water partition coefficient (Wildman–Crippen LogP) is 2.53. The maximum Gasteiger partial charge on any atom is 0.308 e. The third-order valence-corrected chi connectivity index (χ3v) is 6.66. The van der Waals surface area contributed by atoms with Gasteiger partial charge in [-0.25, -0.2) is 0 Å². The monoisotopic (exact) mass is 438 g/mol. The molecule has 2 aliphatic rings. The molecule has 0 saturated heterocycles. The number of hydrogen-bond acceptors (Lipinski definition) is 7. The number of rotatable bonds is 10. The molecule has 0 heterocycles. The molecule has 0 bridgehead atoms. The normalized spacial score (nSPS) is 30.5. The number of carbonyl (C=O) groups excluding carboxylic acids is 2. The van der Waals surface area contributed by atoms with Crippen LogP contribution in [0.5, 0.6) is 0 Å². The van der Waals surface area contributed by atoms with Crippen molar-refractivity contribution in [3.05, 3.63) is 23.8 Å². The molecule has 0 unspecified atom stereocenters. The van der Waals surface area contributed by atoms with Gasteiger partial charge in [0.15, 0.2) is 0 Å². The number of esters is 2. The molecule has 31 heavy (non-hydrogen) atoms. The van der Waals surface area contributed by atoms with Crippen molar-refractivity contribution < 1.29 is 34.4 Å². The molecule has 0 saturated carbocycles. The van der Waals surface area contributed by atoms with E-state index in [1.165, 1.54) is 7.11 Å². The van der Waals surface area contributed by atoms with Crippen molar-refractivity contribution in [3.8, 4) is 0 Å². The van der Waals surface area contributed by atoms with Gasteiger partial charge in [-0.15, -0.1) is 0 Å². The van der Waals surface area contributed by atoms with Crippen molar-refractivity contribution in [2.75, 3.05) is 7.11 Å². The van der Waals surface area contributed by atoms with E-state index in [1.807, 2.05) is 26.0 Å². The lowest BCUT2D eigenvalue weighted by atomic mass is 9.66. The highest BCUT2D eigenvalue weighted by Crippen LogP contribution is 2.44. The highest BCUT2D eigenvalue weighted by Gasteiger charge is 2.42. The van der Waals surface area contributed by atoms with E-state index >= 15 is 0 Å². The van der Waals surface area contributed by atoms with Crippen molar-refractivity contribution in [2.24, 2.45) is 23.7 Å². The van der Waals surface area contributed by atoms with Gasteiger partial charge >= 0.3 is 11.9 Å². The largest absolute Gasteiger partial charge is 0.469 e. The highest BCUT2D eigenvalue weighted by atomic mass is 16.5. The Kier molecular flexibility index (Phi) is 9.72. The first-order valence-corrected chi connectivity index (χ1v) is 11.4. The topological polar surface area (TPSA) is 113 Å². The average molecular weight is 439 g/mol. The van der Waals surface area contributed by atoms with Gasteiger partial charge in [-0.1, -0.05) is 39.0 Å². The number of allylic oxidation sites excluding steroid dienone is 2. The molecule has 2 aliphatic carbocycles. The van der Waals surface area contributed by atoms with Crippen LogP contribution in [0.1, 0.15) is 59.3 Å². The molecule has 7 nitrogen and oxygen atoms in total. The van der Waals surface area contributed by atoms with Crippen LogP contribution in [0, 0.1) is 23.7 Å². The summed E-state index contributed by atoms with van der Waals surface area (Å²) in [7, 11) is 1.26. The molecule has 8 atom stereocenters. The van der Waals surface area contributed by atoms with Gasteiger partial charge in [0.25, 0.3) is 0 Å². The number of methoxy groups -OCH3 is 1. The zero-order valence-corrected chi connectivity index (χ0v) is 19.1. The van der Waals surface area contributed by atoms with Gasteiger partial charge < -0.3 is 24.8 Å². The number of aliphatic hydroxyl groups excluding tert-OH is 3. The molecule has 0 aliphatic heterocycles. The first-order valence-electron chi connectivity index (χ1n) is 11.4. The lowest BCUT2D eigenvalue weighted by Crippen LogP contribution is -2.43. The molecule has 176 valence electrons. The summed E-state index contributed by atoms with van der Waals surface area (Å²) in [6.07, 6.45) is 5.34. The number of fused-ring (bicyclic) bond motifs is 1. The molecule has 0 radical (unpaired) electrons. The molecule has 7 heteroatoms. The summed E-state index contributed by atoms with van der Waals surface area (Å²) < 4.78 is 10.4. The minimum absolute atomic E-state index is 0.0383. The van der Waals surface area contributed by atoms with Crippen molar-refractivity contribution in [3.63, 3.8) is 0 Å². The average Bonchev–Trinajstić information content (AvgIpc) is 2.72. The molecule has 0 aromatic rings. The quantitative estimate of drug-likeness (QED) is 0.449. The van der Waals surface area contributed by atoms with E-state index in [0.717, 1.165) is 5.57 Å². The minimum Gasteiger partial charge on any atom is -0.469 e. The van der Waals surface area contributed by atoms with Crippen molar-refractivity contribution in [1.29, 1.82) is 0 Å². The Bertz CT molecular complexity index is 671. The third-order valence-electron chi connectivity index (χ3n) is 6.66. The Morgan fingerprint density at radius 1 is 1.26 bits per heavy atom. The van der Waals surface area contributed by atoms with Gasteiger partial charge in [0, 0.05) is 12.3 Å². The van der Waals surface area contributed by atoms with Crippen LogP contribution in [-0.4, -0.2) is 58.8 Å². The van der Waals surface area contributed by atoms with Gasteiger partial charge in [0.2, 0.25) is 0 Å². The first-order chi connectivity index (χ1) is 14.7. The second-order valence-corrected chi connectivity index (χ2v) is 9.06. The molecule has 0 amide bonds. The number of ether oxygens (including phenoxy) is 2. The highest BCUT2D eigenvalue weighted by molar-refractivity contribution is 5.72. The SMILES string of the molecule is CC[C@H](C)C(=O)O[C@H]1C[C@H](O)C=C2C=C[C@H](C)[C@H](CC[C@H](O)C[C@H](O)CC(=O)OC)[C@H]21. The van der Waals surface area contributed by atoms with Crippen LogP contribution in [-0.2, 0) is 19.1 Å². The molecule has 3 N–H and O–H groups in total. The van der Waals surface area contributed by atoms with Crippen LogP contribution in [0.25, 0.3) is 0 Å². The number of aliphatic hydroxyl groups is 3. The smallest absolute Gasteiger partial charge is 0.308 e. The zero-order valence-electron chi connectivity index (χ0n) is 19.1. The maximum atomic E-state index is 12.5. The summed E-state index contributed by atoms with van der Waals surface area (Å²) >= 11 is 0. The van der Waals surface area contributed by atoms with E-state index in [9.17, 15) is 24.9 Å². The standard InChI is InChI=1S/C24H38O7/c1-5-14(2)24(29)31-21-12-18(26)10-16-7-6-15(3)20(23(16)21)9-8-17(25)11-19(27)13-22(28)30-4/h6-7,10,14-15,17-21,23,25-27H,5,8-9,11-13H2,1-4H3/t14-,15-,17-,18+,19-,20-,21-,23-/m0/s1. The van der Waals surface area contributed by atoms with Crippen molar-refractivity contribution in [2.45, 2.75) is 83.7 Å². The second-order valence-electron chi connectivity index (χ2n) is 9.06. The Morgan fingerprint density at radius 3 is 2.61 bits per heavy atom. The summed E-state index contributed by atoms with van der Waals surface area (Å²) in [6, 6.07) is 0. The lowest BCUT2D eigenvalue weighted by Gasteiger charge is -2.43. The van der Waals surface area contributed by atoms with Crippen molar-refractivity contribution in [1.82, 2.24) is 0 Å². The van der Waals surface area contributed by atoms with E-state index in [2.05, 4.69) is 17.7 Å². The second kappa shape index (κ2) is 11.8. The van der Waals surface area contributed by atoms with Gasteiger partial charge in [-0.05, 0) is 43.1 Å². The van der Waals surface area contributed by atoms with Gasteiger partial charge in [-0.3, -0.25) is 9.59 Å². The van der Waals surface area contributed by atoms with E-state index in [1.54, 1.807) is 0 Å². The number of hydrogen-bond donors (Lipinski definition) is 3. The van der Waals surface area contributed by atoms with Crippen LogP contribution in [0.2, 0.25) is 0 Å². The summed E-state index contributed by atoms with van der Waals surface area (Å²) in [5, 5.41) is 30.7. The summed E-state index contributed by atoms with van der Waals surface area (Å²) in [5.74, 6) is -0.636.